The molecular weight excluding hydrogens is 356 g/mol. The van der Waals surface area contributed by atoms with E-state index < -0.39 is 0 Å². The number of nitrogens with one attached hydrogen (secondary N) is 1. The number of H-pyrrole nitrogens is 1. The van der Waals surface area contributed by atoms with E-state index in [4.69, 9.17) is 4.74 Å². The van der Waals surface area contributed by atoms with E-state index in [0.29, 0.717) is 32.1 Å². The highest BCUT2D eigenvalue weighted by molar-refractivity contribution is 5.89. The molecule has 146 valence electrons. The van der Waals surface area contributed by atoms with Crippen LogP contribution in [0.15, 0.2) is 24.3 Å². The second-order valence-electron chi connectivity index (χ2n) is 7.95. The van der Waals surface area contributed by atoms with E-state index in [0.717, 1.165) is 47.5 Å². The number of aromatic amines is 1. The summed E-state index contributed by atoms with van der Waals surface area (Å²) in [6, 6.07) is 8.19. The smallest absolute Gasteiger partial charge is 0.228 e. The molecular formula is C21H24N4O3. The van der Waals surface area contributed by atoms with Crippen molar-refractivity contribution in [1.82, 2.24) is 20.0 Å². The largest absolute Gasteiger partial charge is 0.497 e. The third kappa shape index (κ3) is 2.95. The Labute approximate surface area is 163 Å². The van der Waals surface area contributed by atoms with Gasteiger partial charge in [0, 0.05) is 55.3 Å². The minimum atomic E-state index is -0.207. The number of ether oxygens (including phenoxy) is 1. The molecule has 2 aliphatic heterocycles. The van der Waals surface area contributed by atoms with Crippen LogP contribution in [0, 0.1) is 5.92 Å². The van der Waals surface area contributed by atoms with Crippen molar-refractivity contribution in [2.45, 2.75) is 38.3 Å². The number of nitrogens with zero attached hydrogens (tertiary/aromatic N) is 3. The van der Waals surface area contributed by atoms with E-state index in [2.05, 4.69) is 10.2 Å². The second-order valence-corrected chi connectivity index (χ2v) is 7.95. The average Bonchev–Trinajstić information content (AvgIpc) is 3.36. The average molecular weight is 380 g/mol. The van der Waals surface area contributed by atoms with E-state index in [9.17, 15) is 9.59 Å². The first-order valence-corrected chi connectivity index (χ1v) is 9.93. The molecule has 2 fully saturated rings. The molecule has 1 unspecified atom stereocenters. The highest BCUT2D eigenvalue weighted by Crippen LogP contribution is 2.35. The first kappa shape index (κ1) is 17.3. The maximum atomic E-state index is 13.1. The quantitative estimate of drug-likeness (QED) is 0.880. The number of hydrogen-bond donors (Lipinski definition) is 1. The molecule has 7 heteroatoms. The fourth-order valence-electron chi connectivity index (χ4n) is 4.39. The Morgan fingerprint density at radius 3 is 2.96 bits per heavy atom. The maximum Gasteiger partial charge on any atom is 0.228 e. The number of rotatable bonds is 4. The molecule has 0 spiro atoms. The maximum absolute atomic E-state index is 13.1. The van der Waals surface area contributed by atoms with Gasteiger partial charge in [0.2, 0.25) is 11.8 Å². The monoisotopic (exact) mass is 380 g/mol. The van der Waals surface area contributed by atoms with Crippen molar-refractivity contribution in [1.29, 1.82) is 0 Å². The van der Waals surface area contributed by atoms with Crippen LogP contribution in [0.25, 0.3) is 11.3 Å². The van der Waals surface area contributed by atoms with Gasteiger partial charge in [0.05, 0.1) is 18.7 Å². The third-order valence-electron chi connectivity index (χ3n) is 6.08. The first-order chi connectivity index (χ1) is 13.6. The van der Waals surface area contributed by atoms with Gasteiger partial charge in [-0.25, -0.2) is 0 Å². The molecule has 0 radical (unpaired) electrons. The number of carbonyl (C=O) groups excluding carboxylic acids is 2. The summed E-state index contributed by atoms with van der Waals surface area (Å²) in [4.78, 5) is 29.2. The summed E-state index contributed by atoms with van der Waals surface area (Å²) in [6.45, 7) is 1.78. The van der Waals surface area contributed by atoms with E-state index >= 15 is 0 Å². The molecule has 1 atom stereocenters. The van der Waals surface area contributed by atoms with Gasteiger partial charge in [0.15, 0.2) is 0 Å². The van der Waals surface area contributed by atoms with Gasteiger partial charge < -0.3 is 14.5 Å². The van der Waals surface area contributed by atoms with Crippen LogP contribution < -0.4 is 4.74 Å². The molecule has 1 aromatic carbocycles. The van der Waals surface area contributed by atoms with Crippen LogP contribution in [0.1, 0.15) is 30.5 Å². The van der Waals surface area contributed by atoms with Crippen molar-refractivity contribution >= 4 is 11.8 Å². The number of aromatic nitrogens is 2. The summed E-state index contributed by atoms with van der Waals surface area (Å²) < 4.78 is 5.33. The van der Waals surface area contributed by atoms with Crippen molar-refractivity contribution in [2.75, 3.05) is 20.2 Å². The van der Waals surface area contributed by atoms with Crippen molar-refractivity contribution in [3.8, 4) is 17.0 Å². The minimum Gasteiger partial charge on any atom is -0.497 e. The van der Waals surface area contributed by atoms with Crippen LogP contribution >= 0.6 is 0 Å². The Morgan fingerprint density at radius 2 is 2.18 bits per heavy atom. The van der Waals surface area contributed by atoms with Crippen molar-refractivity contribution in [3.05, 3.63) is 35.5 Å². The van der Waals surface area contributed by atoms with Gasteiger partial charge in [0.25, 0.3) is 0 Å². The zero-order valence-corrected chi connectivity index (χ0v) is 16.0. The molecule has 1 aliphatic carbocycles. The van der Waals surface area contributed by atoms with Gasteiger partial charge in [-0.1, -0.05) is 12.1 Å². The molecule has 28 heavy (non-hydrogen) atoms. The van der Waals surface area contributed by atoms with Crippen molar-refractivity contribution in [2.24, 2.45) is 5.92 Å². The van der Waals surface area contributed by atoms with Crippen molar-refractivity contribution < 1.29 is 14.3 Å². The number of likely N-dealkylation sites (tertiary alicyclic amines) is 1. The van der Waals surface area contributed by atoms with E-state index in [1.54, 1.807) is 7.11 Å². The van der Waals surface area contributed by atoms with Gasteiger partial charge >= 0.3 is 0 Å². The molecule has 2 aromatic rings. The Hall–Kier alpha value is -2.83. The number of fused-ring (bicyclic) bond motifs is 1. The number of hydrogen-bond acceptors (Lipinski definition) is 4. The van der Waals surface area contributed by atoms with Gasteiger partial charge in [-0.05, 0) is 25.0 Å². The van der Waals surface area contributed by atoms with Crippen LogP contribution in [0.2, 0.25) is 0 Å². The lowest BCUT2D eigenvalue weighted by atomic mass is 9.99. The summed E-state index contributed by atoms with van der Waals surface area (Å²) in [5.74, 6) is 0.809. The van der Waals surface area contributed by atoms with E-state index in [1.165, 1.54) is 0 Å². The lowest BCUT2D eigenvalue weighted by Crippen LogP contribution is -2.40. The fourth-order valence-corrected chi connectivity index (χ4v) is 4.39. The number of carbonyl (C=O) groups is 2. The Bertz CT molecular complexity index is 933. The summed E-state index contributed by atoms with van der Waals surface area (Å²) in [5, 5.41) is 7.65. The van der Waals surface area contributed by atoms with E-state index in [-0.39, 0.29) is 17.7 Å². The number of amides is 2. The number of methoxy groups -OCH3 is 1. The second kappa shape index (κ2) is 6.65. The highest BCUT2D eigenvalue weighted by Gasteiger charge is 2.43. The highest BCUT2D eigenvalue weighted by atomic mass is 16.5. The normalized spacial score (nSPS) is 21.8. The molecule has 1 saturated carbocycles. The molecule has 3 heterocycles. The molecule has 3 aliphatic rings. The lowest BCUT2D eigenvalue weighted by Gasteiger charge is -2.29. The molecule has 1 aromatic heterocycles. The summed E-state index contributed by atoms with van der Waals surface area (Å²) in [7, 11) is 1.65. The zero-order valence-electron chi connectivity index (χ0n) is 16.0. The molecule has 1 saturated heterocycles. The first-order valence-electron chi connectivity index (χ1n) is 9.93. The molecule has 1 N–H and O–H groups in total. The van der Waals surface area contributed by atoms with Crippen LogP contribution in [0.3, 0.4) is 0 Å². The third-order valence-corrected chi connectivity index (χ3v) is 6.08. The van der Waals surface area contributed by atoms with E-state index in [1.807, 2.05) is 34.1 Å². The van der Waals surface area contributed by atoms with Crippen LogP contribution in [0.5, 0.6) is 5.75 Å². The zero-order chi connectivity index (χ0) is 19.3. The fraction of sp³-hybridized carbons (Fsp3) is 0.476. The Morgan fingerprint density at radius 1 is 1.32 bits per heavy atom. The topological polar surface area (TPSA) is 78.5 Å². The molecule has 7 nitrogen and oxygen atoms in total. The van der Waals surface area contributed by atoms with Crippen LogP contribution in [-0.2, 0) is 22.6 Å². The van der Waals surface area contributed by atoms with Crippen LogP contribution in [-0.4, -0.2) is 58.1 Å². The summed E-state index contributed by atoms with van der Waals surface area (Å²) in [6.07, 6.45) is 3.27. The van der Waals surface area contributed by atoms with Gasteiger partial charge in [0.1, 0.15) is 5.75 Å². The molecule has 5 rings (SSSR count). The van der Waals surface area contributed by atoms with Gasteiger partial charge in [-0.3, -0.25) is 14.7 Å². The predicted molar refractivity (Wildman–Crippen MR) is 103 cm³/mol. The Kier molecular flexibility index (Phi) is 4.10. The Balaban J connectivity index is 1.35. The summed E-state index contributed by atoms with van der Waals surface area (Å²) >= 11 is 0. The minimum absolute atomic E-state index is 0.0972. The SMILES string of the molecule is COc1cccc(-c2n[nH]c3c2CN(C(=O)C2CC(=O)N(C4CC4)C2)CC3)c1. The molecule has 0 bridgehead atoms. The van der Waals surface area contributed by atoms with Crippen LogP contribution in [0.4, 0.5) is 0 Å². The van der Waals surface area contributed by atoms with Gasteiger partial charge in [-0.15, -0.1) is 0 Å². The standard InChI is InChI=1S/C21H24N4O3/c1-28-16-4-2-3-13(9-16)20-17-12-24(8-7-18(17)22-23-20)21(27)14-10-19(26)25(11-14)15-5-6-15/h2-4,9,14-15H,5-8,10-12H2,1H3,(H,22,23). The summed E-state index contributed by atoms with van der Waals surface area (Å²) in [5.41, 5.74) is 4.00. The lowest BCUT2D eigenvalue weighted by molar-refractivity contribution is -0.136. The van der Waals surface area contributed by atoms with Gasteiger partial charge in [-0.2, -0.15) is 5.10 Å². The van der Waals surface area contributed by atoms with Crippen molar-refractivity contribution in [3.63, 3.8) is 0 Å². The number of benzene rings is 1. The predicted octanol–water partition coefficient (Wildman–Crippen LogP) is 1.98. The molecule has 2 amide bonds.